The Kier molecular flexibility index (Phi) is 2.19. The van der Waals surface area contributed by atoms with Crippen molar-refractivity contribution in [1.82, 2.24) is 9.88 Å². The van der Waals surface area contributed by atoms with E-state index in [1.54, 1.807) is 0 Å². The molecule has 106 valence electrons. The number of hydrogen-bond donors (Lipinski definition) is 1. The fourth-order valence-electron chi connectivity index (χ4n) is 5.00. The lowest BCUT2D eigenvalue weighted by molar-refractivity contribution is 0.0612. The van der Waals surface area contributed by atoms with Crippen LogP contribution in [0.1, 0.15) is 36.6 Å². The first-order valence-electron chi connectivity index (χ1n) is 8.07. The highest BCUT2D eigenvalue weighted by atomic mass is 15.2. The van der Waals surface area contributed by atoms with E-state index in [-0.39, 0.29) is 11.3 Å². The van der Waals surface area contributed by atoms with E-state index in [4.69, 9.17) is 0 Å². The van der Waals surface area contributed by atoms with Crippen LogP contribution < -0.4 is 0 Å². The maximum atomic E-state index is 9.42. The fraction of sp³-hybridized carbons (Fsp3) is 0.500. The van der Waals surface area contributed by atoms with Crippen molar-refractivity contribution >= 4 is 10.9 Å². The summed E-state index contributed by atoms with van der Waals surface area (Å²) in [5.41, 5.74) is 4.43. The number of fused-ring (bicyclic) bond motifs is 6. The third-order valence-corrected chi connectivity index (χ3v) is 6.04. The second-order valence-corrected chi connectivity index (χ2v) is 6.97. The van der Waals surface area contributed by atoms with Gasteiger partial charge >= 0.3 is 0 Å². The summed E-state index contributed by atoms with van der Waals surface area (Å²) in [5, 5.41) is 10.8. The van der Waals surface area contributed by atoms with Crippen molar-refractivity contribution in [2.24, 2.45) is 11.3 Å². The van der Waals surface area contributed by atoms with Gasteiger partial charge in [0.25, 0.3) is 0 Å². The van der Waals surface area contributed by atoms with Gasteiger partial charge in [0, 0.05) is 28.6 Å². The van der Waals surface area contributed by atoms with Gasteiger partial charge in [0.15, 0.2) is 0 Å². The van der Waals surface area contributed by atoms with Crippen molar-refractivity contribution in [3.05, 3.63) is 35.5 Å². The van der Waals surface area contributed by atoms with E-state index in [0.29, 0.717) is 6.04 Å². The van der Waals surface area contributed by atoms with Gasteiger partial charge in [-0.25, -0.2) is 0 Å². The van der Waals surface area contributed by atoms with Gasteiger partial charge in [0.1, 0.15) is 0 Å². The number of piperidine rings is 1. The van der Waals surface area contributed by atoms with Crippen LogP contribution in [-0.4, -0.2) is 23.0 Å². The van der Waals surface area contributed by atoms with Crippen molar-refractivity contribution in [3.8, 4) is 6.07 Å². The van der Waals surface area contributed by atoms with Crippen LogP contribution in [0.25, 0.3) is 10.9 Å². The molecule has 2 aromatic rings. The molecule has 3 nitrogen and oxygen atoms in total. The van der Waals surface area contributed by atoms with Crippen LogP contribution in [0.4, 0.5) is 0 Å². The number of hydrogen-bond acceptors (Lipinski definition) is 2. The summed E-state index contributed by atoms with van der Waals surface area (Å²) < 4.78 is 0. The van der Waals surface area contributed by atoms with Gasteiger partial charge < -0.3 is 4.98 Å². The highest BCUT2D eigenvalue weighted by Gasteiger charge is 2.63. The third-order valence-electron chi connectivity index (χ3n) is 6.04. The van der Waals surface area contributed by atoms with Crippen molar-refractivity contribution in [2.75, 3.05) is 13.1 Å². The lowest BCUT2D eigenvalue weighted by Crippen LogP contribution is -2.44. The Morgan fingerprint density at radius 3 is 3.05 bits per heavy atom. The predicted octanol–water partition coefficient (Wildman–Crippen LogP) is 3.39. The number of benzene rings is 1. The standard InChI is InChI=1S/C18H19N3/c19-11-12-10-18(12)7-3-8-21-9-6-14-13-4-1-2-5-15(13)20-16(14)17(18)21/h1-2,4-5,12,17,20H,3,6-10H2. The number of H-pyrrole nitrogens is 1. The van der Waals surface area contributed by atoms with Gasteiger partial charge in [-0.3, -0.25) is 4.90 Å². The number of nitrogens with one attached hydrogen (secondary N) is 1. The third kappa shape index (κ3) is 1.41. The second-order valence-electron chi connectivity index (χ2n) is 6.97. The summed E-state index contributed by atoms with van der Waals surface area (Å²) in [6.45, 7) is 2.35. The number of nitriles is 1. The van der Waals surface area contributed by atoms with Gasteiger partial charge in [-0.05, 0) is 43.9 Å². The molecular formula is C18H19N3. The van der Waals surface area contributed by atoms with Crippen molar-refractivity contribution in [1.29, 1.82) is 5.26 Å². The molecule has 2 fully saturated rings. The van der Waals surface area contributed by atoms with Gasteiger partial charge in [-0.2, -0.15) is 5.26 Å². The Morgan fingerprint density at radius 2 is 2.19 bits per heavy atom. The summed E-state index contributed by atoms with van der Waals surface area (Å²) in [4.78, 5) is 6.34. The molecule has 1 saturated carbocycles. The minimum absolute atomic E-state index is 0.239. The molecule has 1 aromatic carbocycles. The zero-order chi connectivity index (χ0) is 14.0. The van der Waals surface area contributed by atoms with Crippen LogP contribution in [0.2, 0.25) is 0 Å². The van der Waals surface area contributed by atoms with E-state index in [1.165, 1.54) is 41.5 Å². The lowest BCUT2D eigenvalue weighted by atomic mass is 9.78. The Hall–Kier alpha value is -1.79. The normalized spacial score (nSPS) is 34.4. The maximum Gasteiger partial charge on any atom is 0.0662 e. The molecule has 3 heterocycles. The molecule has 3 unspecified atom stereocenters. The number of para-hydroxylation sites is 1. The van der Waals surface area contributed by atoms with Crippen molar-refractivity contribution in [3.63, 3.8) is 0 Å². The number of aromatic amines is 1. The van der Waals surface area contributed by atoms with Crippen LogP contribution in [0.3, 0.4) is 0 Å². The molecule has 0 bridgehead atoms. The van der Waals surface area contributed by atoms with Crippen LogP contribution >= 0.6 is 0 Å². The molecule has 3 atom stereocenters. The lowest BCUT2D eigenvalue weighted by Gasteiger charge is -2.45. The highest BCUT2D eigenvalue weighted by Crippen LogP contribution is 2.67. The zero-order valence-electron chi connectivity index (χ0n) is 12.1. The van der Waals surface area contributed by atoms with E-state index in [1.807, 2.05) is 0 Å². The fourth-order valence-corrected chi connectivity index (χ4v) is 5.00. The summed E-state index contributed by atoms with van der Waals surface area (Å²) in [5.74, 6) is 0.266. The minimum Gasteiger partial charge on any atom is -0.357 e. The number of rotatable bonds is 0. The number of nitrogens with zero attached hydrogens (tertiary/aromatic N) is 2. The molecule has 5 rings (SSSR count). The molecule has 1 N–H and O–H groups in total. The van der Waals surface area contributed by atoms with Crippen LogP contribution in [0.5, 0.6) is 0 Å². The first-order chi connectivity index (χ1) is 10.3. The van der Waals surface area contributed by atoms with E-state index in [2.05, 4.69) is 40.2 Å². The van der Waals surface area contributed by atoms with E-state index >= 15 is 0 Å². The molecule has 1 spiro atoms. The average Bonchev–Trinajstić information content (AvgIpc) is 3.07. The first-order valence-corrected chi connectivity index (χ1v) is 8.07. The van der Waals surface area contributed by atoms with Gasteiger partial charge in [0.2, 0.25) is 0 Å². The molecule has 3 aliphatic rings. The van der Waals surface area contributed by atoms with Gasteiger partial charge in [0.05, 0.1) is 18.0 Å². The van der Waals surface area contributed by atoms with Crippen molar-refractivity contribution in [2.45, 2.75) is 31.7 Å². The minimum atomic E-state index is 0.239. The smallest absolute Gasteiger partial charge is 0.0662 e. The second kappa shape index (κ2) is 3.90. The van der Waals surface area contributed by atoms with Crippen LogP contribution in [-0.2, 0) is 6.42 Å². The molecule has 1 saturated heterocycles. The molecule has 0 amide bonds. The summed E-state index contributed by atoms with van der Waals surface area (Å²) in [6.07, 6.45) is 4.72. The van der Waals surface area contributed by atoms with Gasteiger partial charge in [-0.15, -0.1) is 0 Å². The predicted molar refractivity (Wildman–Crippen MR) is 81.7 cm³/mol. The SMILES string of the molecule is N#CC1CC12CCCN1CCc3c([nH]c4ccccc34)C12. The Bertz CT molecular complexity index is 768. The molecule has 21 heavy (non-hydrogen) atoms. The molecule has 1 aliphatic carbocycles. The highest BCUT2D eigenvalue weighted by molar-refractivity contribution is 5.85. The van der Waals surface area contributed by atoms with E-state index < -0.39 is 0 Å². The monoisotopic (exact) mass is 277 g/mol. The first kappa shape index (κ1) is 11.8. The number of aromatic nitrogens is 1. The van der Waals surface area contributed by atoms with Gasteiger partial charge in [-0.1, -0.05) is 18.2 Å². The summed E-state index contributed by atoms with van der Waals surface area (Å²) in [7, 11) is 0. The Morgan fingerprint density at radius 1 is 1.29 bits per heavy atom. The average molecular weight is 277 g/mol. The van der Waals surface area contributed by atoms with Crippen molar-refractivity contribution < 1.29 is 0 Å². The molecule has 3 heteroatoms. The topological polar surface area (TPSA) is 42.8 Å². The molecule has 1 aromatic heterocycles. The summed E-state index contributed by atoms with van der Waals surface area (Å²) in [6, 6.07) is 11.7. The molecule has 2 aliphatic heterocycles. The van der Waals surface area contributed by atoms with E-state index in [0.717, 1.165) is 19.4 Å². The Balaban J connectivity index is 1.71. The Labute approximate surface area is 124 Å². The van der Waals surface area contributed by atoms with E-state index in [9.17, 15) is 5.26 Å². The van der Waals surface area contributed by atoms with Crippen LogP contribution in [0.15, 0.2) is 24.3 Å². The maximum absolute atomic E-state index is 9.42. The quantitative estimate of drug-likeness (QED) is 0.802. The molecule has 0 radical (unpaired) electrons. The molecular weight excluding hydrogens is 258 g/mol. The zero-order valence-corrected chi connectivity index (χ0v) is 12.1. The van der Waals surface area contributed by atoms with Crippen LogP contribution in [0, 0.1) is 22.7 Å². The largest absolute Gasteiger partial charge is 0.357 e. The summed E-state index contributed by atoms with van der Waals surface area (Å²) >= 11 is 0.